The predicted molar refractivity (Wildman–Crippen MR) is 47.5 cm³/mol. The van der Waals surface area contributed by atoms with Crippen LogP contribution in [0.15, 0.2) is 39.7 Å². The van der Waals surface area contributed by atoms with Crippen molar-refractivity contribution in [2.75, 3.05) is 0 Å². The molecule has 0 fully saturated rings. The first kappa shape index (κ1) is 9.76. The van der Waals surface area contributed by atoms with Gasteiger partial charge in [0.15, 0.2) is 0 Å². The van der Waals surface area contributed by atoms with Gasteiger partial charge in [0, 0.05) is 5.39 Å². The molecule has 2 nitrogen and oxygen atoms in total. The van der Waals surface area contributed by atoms with Gasteiger partial charge in [0.1, 0.15) is 0 Å². The number of benzene rings is 1. The monoisotopic (exact) mass is 214 g/mol. The first-order valence-electron chi connectivity index (χ1n) is 4.08. The van der Waals surface area contributed by atoms with Crippen molar-refractivity contribution in [3.05, 3.63) is 46.5 Å². The molecule has 0 aliphatic rings. The van der Waals surface area contributed by atoms with Crippen LogP contribution in [0.25, 0.3) is 10.8 Å². The lowest BCUT2D eigenvalue weighted by Crippen LogP contribution is -2.08. The van der Waals surface area contributed by atoms with Crippen LogP contribution in [0.4, 0.5) is 13.2 Å². The van der Waals surface area contributed by atoms with E-state index in [1.54, 1.807) is 0 Å². The second kappa shape index (κ2) is 3.12. The molecule has 5 heteroatoms. The van der Waals surface area contributed by atoms with Crippen LogP contribution in [0.3, 0.4) is 0 Å². The normalized spacial score (nSPS) is 11.9. The molecule has 0 saturated carbocycles. The average Bonchev–Trinajstić information content (AvgIpc) is 2.16. The second-order valence-electron chi connectivity index (χ2n) is 2.97. The quantitative estimate of drug-likeness (QED) is 0.674. The summed E-state index contributed by atoms with van der Waals surface area (Å²) in [5, 5.41) is -0.200. The minimum absolute atomic E-state index is 0.0627. The van der Waals surface area contributed by atoms with Gasteiger partial charge < -0.3 is 4.42 Å². The molecular formula is C10H5F3O2. The number of fused-ring (bicyclic) bond motifs is 1. The third-order valence-corrected chi connectivity index (χ3v) is 2.04. The van der Waals surface area contributed by atoms with Gasteiger partial charge in [0.25, 0.3) is 0 Å². The summed E-state index contributed by atoms with van der Waals surface area (Å²) in [4.78, 5) is 11.1. The van der Waals surface area contributed by atoms with Crippen molar-refractivity contribution in [2.24, 2.45) is 0 Å². The van der Waals surface area contributed by atoms with Crippen molar-refractivity contribution in [3.63, 3.8) is 0 Å². The van der Waals surface area contributed by atoms with Crippen molar-refractivity contribution in [1.29, 1.82) is 0 Å². The first-order chi connectivity index (χ1) is 7.00. The Balaban J connectivity index is 2.89. The fourth-order valence-electron chi connectivity index (χ4n) is 1.40. The molecule has 1 aromatic carbocycles. The van der Waals surface area contributed by atoms with Crippen LogP contribution < -0.4 is 5.63 Å². The molecule has 0 bridgehead atoms. The Labute approximate surface area is 81.9 Å². The van der Waals surface area contributed by atoms with E-state index < -0.39 is 17.4 Å². The zero-order chi connectivity index (χ0) is 11.1. The Hall–Kier alpha value is -1.78. The van der Waals surface area contributed by atoms with E-state index in [4.69, 9.17) is 0 Å². The fraction of sp³-hybridized carbons (Fsp3) is 0.100. The Morgan fingerprint density at radius 2 is 1.80 bits per heavy atom. The topological polar surface area (TPSA) is 30.2 Å². The summed E-state index contributed by atoms with van der Waals surface area (Å²) in [7, 11) is 0. The molecule has 0 radical (unpaired) electrons. The predicted octanol–water partition coefficient (Wildman–Crippen LogP) is 2.81. The molecule has 0 unspecified atom stereocenters. The standard InChI is InChI=1S/C10H5F3O2/c11-10(12,13)8-3-1-2-7-6(8)4-5-15-9(7)14/h1-5H. The molecule has 0 aliphatic carbocycles. The summed E-state index contributed by atoms with van der Waals surface area (Å²) < 4.78 is 42.0. The van der Waals surface area contributed by atoms with E-state index in [2.05, 4.69) is 4.42 Å². The van der Waals surface area contributed by atoms with Crippen molar-refractivity contribution in [1.82, 2.24) is 0 Å². The van der Waals surface area contributed by atoms with Gasteiger partial charge in [0.05, 0.1) is 17.2 Å². The third-order valence-electron chi connectivity index (χ3n) is 2.04. The number of hydrogen-bond acceptors (Lipinski definition) is 2. The van der Waals surface area contributed by atoms with E-state index in [-0.39, 0.29) is 10.8 Å². The lowest BCUT2D eigenvalue weighted by atomic mass is 10.1. The maximum absolute atomic E-state index is 12.5. The van der Waals surface area contributed by atoms with Crippen LogP contribution in [0.1, 0.15) is 5.56 Å². The highest BCUT2D eigenvalue weighted by Crippen LogP contribution is 2.33. The van der Waals surface area contributed by atoms with Crippen LogP contribution in [0.2, 0.25) is 0 Å². The summed E-state index contributed by atoms with van der Waals surface area (Å²) in [5.74, 6) is 0. The first-order valence-corrected chi connectivity index (χ1v) is 4.08. The molecule has 0 amide bonds. The highest BCUT2D eigenvalue weighted by atomic mass is 19.4. The average molecular weight is 214 g/mol. The van der Waals surface area contributed by atoms with Gasteiger partial charge in [-0.25, -0.2) is 4.79 Å². The summed E-state index contributed by atoms with van der Waals surface area (Å²) in [6.07, 6.45) is -3.51. The second-order valence-corrected chi connectivity index (χ2v) is 2.97. The highest BCUT2D eigenvalue weighted by Gasteiger charge is 2.32. The summed E-state index contributed by atoms with van der Waals surface area (Å²) in [5.41, 5.74) is -1.59. The fourth-order valence-corrected chi connectivity index (χ4v) is 1.40. The molecule has 0 saturated heterocycles. The number of rotatable bonds is 0. The highest BCUT2D eigenvalue weighted by molar-refractivity contribution is 5.84. The number of halogens is 3. The lowest BCUT2D eigenvalue weighted by molar-refractivity contribution is -0.136. The number of alkyl halides is 3. The Bertz CT molecular complexity index is 554. The van der Waals surface area contributed by atoms with Crippen LogP contribution in [0, 0.1) is 0 Å². The van der Waals surface area contributed by atoms with E-state index in [1.165, 1.54) is 12.1 Å². The third kappa shape index (κ3) is 1.60. The van der Waals surface area contributed by atoms with E-state index >= 15 is 0 Å². The Kier molecular flexibility index (Phi) is 2.03. The zero-order valence-corrected chi connectivity index (χ0v) is 7.34. The van der Waals surface area contributed by atoms with Gasteiger partial charge in [-0.3, -0.25) is 0 Å². The molecule has 0 N–H and O–H groups in total. The van der Waals surface area contributed by atoms with Crippen LogP contribution in [-0.4, -0.2) is 0 Å². The van der Waals surface area contributed by atoms with Gasteiger partial charge in [-0.15, -0.1) is 0 Å². The molecule has 1 aromatic heterocycles. The van der Waals surface area contributed by atoms with E-state index in [1.807, 2.05) is 0 Å². The number of hydrogen-bond donors (Lipinski definition) is 0. The van der Waals surface area contributed by atoms with Gasteiger partial charge in [-0.2, -0.15) is 13.2 Å². The Morgan fingerprint density at radius 1 is 1.07 bits per heavy atom. The Morgan fingerprint density at radius 3 is 2.47 bits per heavy atom. The summed E-state index contributed by atoms with van der Waals surface area (Å²) in [6, 6.07) is 4.56. The maximum atomic E-state index is 12.5. The molecule has 78 valence electrons. The zero-order valence-electron chi connectivity index (χ0n) is 7.34. The largest absolute Gasteiger partial charge is 0.431 e. The van der Waals surface area contributed by atoms with E-state index in [0.717, 1.165) is 18.4 Å². The van der Waals surface area contributed by atoms with E-state index in [9.17, 15) is 18.0 Å². The molecule has 1 heterocycles. The van der Waals surface area contributed by atoms with Crippen LogP contribution in [-0.2, 0) is 6.18 Å². The molecular weight excluding hydrogens is 209 g/mol. The van der Waals surface area contributed by atoms with Crippen molar-refractivity contribution >= 4 is 10.8 Å². The molecule has 0 spiro atoms. The van der Waals surface area contributed by atoms with Crippen molar-refractivity contribution in [3.8, 4) is 0 Å². The molecule has 0 aliphatic heterocycles. The summed E-state index contributed by atoms with van der Waals surface area (Å²) >= 11 is 0. The van der Waals surface area contributed by atoms with E-state index in [0.29, 0.717) is 0 Å². The lowest BCUT2D eigenvalue weighted by Gasteiger charge is -2.08. The van der Waals surface area contributed by atoms with Gasteiger partial charge >= 0.3 is 11.8 Å². The molecule has 2 aromatic rings. The minimum atomic E-state index is -4.46. The van der Waals surface area contributed by atoms with Crippen LogP contribution >= 0.6 is 0 Å². The SMILES string of the molecule is O=c1occc2c(C(F)(F)F)cccc12. The van der Waals surface area contributed by atoms with Crippen LogP contribution in [0.5, 0.6) is 0 Å². The smallest absolute Gasteiger partial charge is 0.417 e. The molecule has 0 atom stereocenters. The van der Waals surface area contributed by atoms with Crippen molar-refractivity contribution < 1.29 is 17.6 Å². The summed E-state index contributed by atoms with van der Waals surface area (Å²) in [6.45, 7) is 0. The minimum Gasteiger partial charge on any atom is -0.431 e. The van der Waals surface area contributed by atoms with Gasteiger partial charge in [0.2, 0.25) is 0 Å². The maximum Gasteiger partial charge on any atom is 0.417 e. The van der Waals surface area contributed by atoms with Crippen molar-refractivity contribution in [2.45, 2.75) is 6.18 Å². The molecule has 2 rings (SSSR count). The van der Waals surface area contributed by atoms with Gasteiger partial charge in [-0.05, 0) is 18.2 Å². The van der Waals surface area contributed by atoms with Gasteiger partial charge in [-0.1, -0.05) is 6.07 Å². The molecule has 15 heavy (non-hydrogen) atoms.